The van der Waals surface area contributed by atoms with Gasteiger partial charge in [0.05, 0.1) is 5.52 Å². The monoisotopic (exact) mass is 354 g/mol. The zero-order chi connectivity index (χ0) is 15.5. The number of para-hydroxylation sites is 1. The van der Waals surface area contributed by atoms with Crippen molar-refractivity contribution in [3.63, 3.8) is 0 Å². The number of aromatic nitrogens is 2. The summed E-state index contributed by atoms with van der Waals surface area (Å²) in [6.45, 7) is 0. The van der Waals surface area contributed by atoms with E-state index in [0.29, 0.717) is 16.8 Å². The third-order valence-electron chi connectivity index (χ3n) is 4.13. The lowest BCUT2D eigenvalue weighted by atomic mass is 9.96. The molecule has 0 spiro atoms. The van der Waals surface area contributed by atoms with Gasteiger partial charge >= 0.3 is 0 Å². The topological polar surface area (TPSA) is 52.0 Å². The van der Waals surface area contributed by atoms with E-state index in [4.69, 9.17) is 0 Å². The van der Waals surface area contributed by atoms with Crippen LogP contribution in [-0.4, -0.2) is 21.3 Å². The number of carbonyl (C=O) groups is 2. The van der Waals surface area contributed by atoms with Crippen LogP contribution in [0.5, 0.6) is 0 Å². The number of hydrogen-bond acceptors (Lipinski definition) is 3. The average Bonchev–Trinajstić information content (AvgIpc) is 2.99. The van der Waals surface area contributed by atoms with E-state index in [0.717, 1.165) is 10.9 Å². The maximum absolute atomic E-state index is 12.9. The summed E-state index contributed by atoms with van der Waals surface area (Å²) >= 11 is 3.43. The van der Waals surface area contributed by atoms with E-state index >= 15 is 0 Å². The van der Waals surface area contributed by atoms with E-state index < -0.39 is 4.32 Å². The molecule has 1 aliphatic rings. The number of benzene rings is 2. The highest BCUT2D eigenvalue weighted by Gasteiger charge is 2.54. The van der Waals surface area contributed by atoms with Crippen molar-refractivity contribution in [2.24, 2.45) is 7.05 Å². The molecule has 4 nitrogen and oxygen atoms in total. The molecule has 0 saturated heterocycles. The predicted octanol–water partition coefficient (Wildman–Crippen LogP) is 3.24. The van der Waals surface area contributed by atoms with Crippen LogP contribution in [0.2, 0.25) is 0 Å². The molecule has 1 heterocycles. The van der Waals surface area contributed by atoms with Gasteiger partial charge in [-0.15, -0.1) is 0 Å². The highest BCUT2D eigenvalue weighted by molar-refractivity contribution is 9.10. The Bertz CT molecular complexity index is 923. The summed E-state index contributed by atoms with van der Waals surface area (Å²) in [5.74, 6) is -0.506. The van der Waals surface area contributed by atoms with Gasteiger partial charge in [0.25, 0.3) is 0 Å². The van der Waals surface area contributed by atoms with E-state index in [1.165, 1.54) is 0 Å². The minimum Gasteiger partial charge on any atom is -0.292 e. The molecular formula is C17H11BrN2O2. The van der Waals surface area contributed by atoms with Crippen LogP contribution in [-0.2, 0) is 11.4 Å². The predicted molar refractivity (Wildman–Crippen MR) is 86.4 cm³/mol. The first-order valence-corrected chi connectivity index (χ1v) is 7.64. The number of carbonyl (C=O) groups excluding carboxylic acids is 2. The van der Waals surface area contributed by atoms with Crippen LogP contribution in [0.15, 0.2) is 48.5 Å². The van der Waals surface area contributed by atoms with Crippen molar-refractivity contribution in [3.8, 4) is 0 Å². The number of nitrogens with zero attached hydrogens (tertiary/aromatic N) is 2. The van der Waals surface area contributed by atoms with Crippen LogP contribution >= 0.6 is 15.9 Å². The Balaban J connectivity index is 2.03. The van der Waals surface area contributed by atoms with Crippen LogP contribution in [0.25, 0.3) is 10.9 Å². The van der Waals surface area contributed by atoms with E-state index in [1.807, 2.05) is 24.3 Å². The second kappa shape index (κ2) is 4.36. The zero-order valence-electron chi connectivity index (χ0n) is 11.7. The summed E-state index contributed by atoms with van der Waals surface area (Å²) < 4.78 is 0.259. The minimum absolute atomic E-state index is 0.253. The number of ketones is 2. The molecule has 0 aliphatic heterocycles. The van der Waals surface area contributed by atoms with Crippen molar-refractivity contribution in [3.05, 3.63) is 65.4 Å². The van der Waals surface area contributed by atoms with Gasteiger partial charge in [0, 0.05) is 23.6 Å². The van der Waals surface area contributed by atoms with E-state index in [-0.39, 0.29) is 11.6 Å². The van der Waals surface area contributed by atoms with Crippen LogP contribution in [0, 0.1) is 0 Å². The van der Waals surface area contributed by atoms with Crippen molar-refractivity contribution >= 4 is 38.4 Å². The van der Waals surface area contributed by atoms with Crippen molar-refractivity contribution in [2.45, 2.75) is 4.32 Å². The first-order valence-electron chi connectivity index (χ1n) is 6.85. The normalized spacial score (nSPS) is 16.3. The largest absolute Gasteiger partial charge is 0.292 e. The lowest BCUT2D eigenvalue weighted by molar-refractivity contribution is 0.0869. The van der Waals surface area contributed by atoms with Crippen LogP contribution < -0.4 is 0 Å². The van der Waals surface area contributed by atoms with Gasteiger partial charge in [-0.05, 0) is 6.07 Å². The van der Waals surface area contributed by atoms with Crippen molar-refractivity contribution in [1.29, 1.82) is 0 Å². The summed E-state index contributed by atoms with van der Waals surface area (Å²) in [5, 5.41) is 5.26. The Labute approximate surface area is 134 Å². The number of hydrogen-bond donors (Lipinski definition) is 0. The molecule has 108 valence electrons. The van der Waals surface area contributed by atoms with Gasteiger partial charge in [0.15, 0.2) is 15.9 Å². The second-order valence-corrected chi connectivity index (χ2v) is 6.54. The highest BCUT2D eigenvalue weighted by Crippen LogP contribution is 2.45. The minimum atomic E-state index is -1.43. The third-order valence-corrected chi connectivity index (χ3v) is 5.22. The van der Waals surface area contributed by atoms with Crippen LogP contribution in [0.4, 0.5) is 0 Å². The molecule has 0 unspecified atom stereocenters. The van der Waals surface area contributed by atoms with Crippen molar-refractivity contribution < 1.29 is 9.59 Å². The highest BCUT2D eigenvalue weighted by atomic mass is 79.9. The number of Topliss-reactive ketones (excluding diaryl/α,β-unsaturated/α-hetero) is 2. The zero-order valence-corrected chi connectivity index (χ0v) is 13.3. The van der Waals surface area contributed by atoms with Crippen LogP contribution in [0.3, 0.4) is 0 Å². The van der Waals surface area contributed by atoms with Crippen molar-refractivity contribution in [1.82, 2.24) is 9.78 Å². The summed E-state index contributed by atoms with van der Waals surface area (Å²) in [6.07, 6.45) is 0. The Morgan fingerprint density at radius 2 is 1.50 bits per heavy atom. The summed E-state index contributed by atoms with van der Waals surface area (Å²) in [7, 11) is 1.80. The quantitative estimate of drug-likeness (QED) is 0.497. The molecule has 0 N–H and O–H groups in total. The van der Waals surface area contributed by atoms with Gasteiger partial charge in [0.2, 0.25) is 0 Å². The molecule has 0 amide bonds. The molecule has 1 aromatic heterocycles. The molecule has 0 bridgehead atoms. The SMILES string of the molecule is Cn1nc(C2(Br)C(=O)c3ccccc3C2=O)c2ccccc21. The molecule has 0 atom stereocenters. The van der Waals surface area contributed by atoms with Gasteiger partial charge in [-0.3, -0.25) is 14.3 Å². The maximum atomic E-state index is 12.9. The molecule has 0 radical (unpaired) electrons. The lowest BCUT2D eigenvalue weighted by Gasteiger charge is -2.16. The van der Waals surface area contributed by atoms with Gasteiger partial charge in [-0.2, -0.15) is 5.10 Å². The molecule has 1 aliphatic carbocycles. The van der Waals surface area contributed by atoms with E-state index in [2.05, 4.69) is 21.0 Å². The molecular weight excluding hydrogens is 344 g/mol. The fourth-order valence-electron chi connectivity index (χ4n) is 3.04. The van der Waals surface area contributed by atoms with Gasteiger partial charge in [0.1, 0.15) is 5.69 Å². The summed E-state index contributed by atoms with van der Waals surface area (Å²) in [5.41, 5.74) is 2.22. The second-order valence-electron chi connectivity index (χ2n) is 5.35. The molecule has 2 aromatic carbocycles. The van der Waals surface area contributed by atoms with Crippen LogP contribution in [0.1, 0.15) is 26.4 Å². The Hall–Kier alpha value is -2.27. The van der Waals surface area contributed by atoms with Gasteiger partial charge in [-0.1, -0.05) is 58.4 Å². The number of fused-ring (bicyclic) bond motifs is 2. The molecule has 0 fully saturated rings. The number of halogens is 1. The summed E-state index contributed by atoms with van der Waals surface area (Å²) in [4.78, 5) is 25.7. The lowest BCUT2D eigenvalue weighted by Crippen LogP contribution is -2.32. The summed E-state index contributed by atoms with van der Waals surface area (Å²) in [6, 6.07) is 14.5. The molecule has 3 aromatic rings. The van der Waals surface area contributed by atoms with Gasteiger partial charge < -0.3 is 0 Å². The molecule has 0 saturated carbocycles. The molecule has 4 rings (SSSR count). The fraction of sp³-hybridized carbons (Fsp3) is 0.118. The number of aryl methyl sites for hydroxylation is 1. The Morgan fingerprint density at radius 1 is 0.955 bits per heavy atom. The smallest absolute Gasteiger partial charge is 0.195 e. The Kier molecular flexibility index (Phi) is 2.66. The standard InChI is InChI=1S/C17H11BrN2O2/c1-20-13-9-5-4-8-12(13)14(19-20)17(18)15(21)10-6-2-3-7-11(10)16(17)22/h2-9H,1H3. The number of rotatable bonds is 1. The van der Waals surface area contributed by atoms with Gasteiger partial charge in [-0.25, -0.2) is 0 Å². The first kappa shape index (κ1) is 13.4. The van der Waals surface area contributed by atoms with E-state index in [9.17, 15) is 9.59 Å². The third kappa shape index (κ3) is 1.49. The number of alkyl halides is 1. The average molecular weight is 355 g/mol. The fourth-order valence-corrected chi connectivity index (χ4v) is 3.76. The first-order chi connectivity index (χ1) is 10.5. The molecule has 5 heteroatoms. The maximum Gasteiger partial charge on any atom is 0.195 e. The van der Waals surface area contributed by atoms with E-state index in [1.54, 1.807) is 36.0 Å². The Morgan fingerprint density at radius 3 is 2.14 bits per heavy atom. The van der Waals surface area contributed by atoms with Crippen molar-refractivity contribution in [2.75, 3.05) is 0 Å². The molecule has 22 heavy (non-hydrogen) atoms.